The molecule has 3 aromatic rings. The molecule has 0 aliphatic heterocycles. The van der Waals surface area contributed by atoms with Gasteiger partial charge in [0.05, 0.1) is 0 Å². The van der Waals surface area contributed by atoms with E-state index in [-0.39, 0.29) is 12.6 Å². The van der Waals surface area contributed by atoms with Crippen LogP contribution in [0.1, 0.15) is 17.1 Å². The Balaban J connectivity index is 1.66. The van der Waals surface area contributed by atoms with Crippen molar-refractivity contribution in [2.24, 2.45) is 0 Å². The molecule has 22 heavy (non-hydrogen) atoms. The van der Waals surface area contributed by atoms with E-state index in [0.717, 1.165) is 22.1 Å². The predicted octanol–water partition coefficient (Wildman–Crippen LogP) is 4.50. The highest BCUT2D eigenvalue weighted by Crippen LogP contribution is 2.19. The Morgan fingerprint density at radius 1 is 1.09 bits per heavy atom. The fraction of sp³-hybridized carbons (Fsp3) is 0.105. The number of rotatable bonds is 4. The van der Waals surface area contributed by atoms with Gasteiger partial charge in [0.1, 0.15) is 18.1 Å². The van der Waals surface area contributed by atoms with E-state index in [2.05, 4.69) is 0 Å². The van der Waals surface area contributed by atoms with E-state index in [0.29, 0.717) is 5.76 Å². The standard InChI is InChI=1S/C19H16O3/c1-14-9-10-17(22-14)11-12-19(20)21-13-16-7-4-6-15-5-2-3-8-18(15)16/h2-12H,13H2,1H3. The zero-order valence-electron chi connectivity index (χ0n) is 12.3. The molecule has 0 atom stereocenters. The summed E-state index contributed by atoms with van der Waals surface area (Å²) in [6.45, 7) is 2.11. The molecule has 0 fully saturated rings. The van der Waals surface area contributed by atoms with Gasteiger partial charge in [-0.1, -0.05) is 42.5 Å². The minimum atomic E-state index is -0.387. The third-order valence-electron chi connectivity index (χ3n) is 3.39. The molecule has 0 radical (unpaired) electrons. The first kappa shape index (κ1) is 14.1. The van der Waals surface area contributed by atoms with Gasteiger partial charge in [-0.2, -0.15) is 0 Å². The van der Waals surface area contributed by atoms with Gasteiger partial charge in [0, 0.05) is 6.08 Å². The Hall–Kier alpha value is -2.81. The molecule has 0 amide bonds. The number of carbonyl (C=O) groups excluding carboxylic acids is 1. The predicted molar refractivity (Wildman–Crippen MR) is 86.2 cm³/mol. The van der Waals surface area contributed by atoms with E-state index in [1.807, 2.05) is 61.5 Å². The van der Waals surface area contributed by atoms with E-state index in [1.54, 1.807) is 6.08 Å². The molecule has 0 bridgehead atoms. The lowest BCUT2D eigenvalue weighted by Gasteiger charge is -2.06. The van der Waals surface area contributed by atoms with Gasteiger partial charge in [0.2, 0.25) is 0 Å². The third kappa shape index (κ3) is 3.26. The molecule has 2 aromatic carbocycles. The smallest absolute Gasteiger partial charge is 0.331 e. The highest BCUT2D eigenvalue weighted by atomic mass is 16.5. The molecule has 1 heterocycles. The molecular formula is C19H16O3. The van der Waals surface area contributed by atoms with Crippen molar-refractivity contribution in [3.63, 3.8) is 0 Å². The first-order valence-electron chi connectivity index (χ1n) is 7.10. The monoisotopic (exact) mass is 292 g/mol. The maximum Gasteiger partial charge on any atom is 0.331 e. The second-order valence-corrected chi connectivity index (χ2v) is 5.03. The molecule has 0 aliphatic rings. The summed E-state index contributed by atoms with van der Waals surface area (Å²) in [6, 6.07) is 17.7. The maximum atomic E-state index is 11.8. The molecule has 1 aromatic heterocycles. The lowest BCUT2D eigenvalue weighted by Crippen LogP contribution is -2.01. The summed E-state index contributed by atoms with van der Waals surface area (Å²) in [5.74, 6) is 1.06. The average molecular weight is 292 g/mol. The number of ether oxygens (including phenoxy) is 1. The molecule has 3 heteroatoms. The average Bonchev–Trinajstić information content (AvgIpc) is 2.96. The summed E-state index contributed by atoms with van der Waals surface area (Å²) in [5.41, 5.74) is 0.994. The van der Waals surface area contributed by atoms with Crippen LogP contribution in [0.5, 0.6) is 0 Å². The molecule has 3 rings (SSSR count). The second kappa shape index (κ2) is 6.31. The van der Waals surface area contributed by atoms with Gasteiger partial charge in [-0.15, -0.1) is 0 Å². The highest BCUT2D eigenvalue weighted by Gasteiger charge is 2.03. The van der Waals surface area contributed by atoms with Crippen LogP contribution in [-0.4, -0.2) is 5.97 Å². The summed E-state index contributed by atoms with van der Waals surface area (Å²) in [6.07, 6.45) is 2.99. The molecular weight excluding hydrogens is 276 g/mol. The van der Waals surface area contributed by atoms with Crippen LogP contribution < -0.4 is 0 Å². The van der Waals surface area contributed by atoms with Gasteiger partial charge in [-0.25, -0.2) is 4.79 Å². The van der Waals surface area contributed by atoms with Crippen LogP contribution in [0.4, 0.5) is 0 Å². The zero-order chi connectivity index (χ0) is 15.4. The first-order chi connectivity index (χ1) is 10.7. The van der Waals surface area contributed by atoms with Crippen LogP contribution in [0, 0.1) is 6.92 Å². The Bertz CT molecular complexity index is 822. The van der Waals surface area contributed by atoms with Crippen LogP contribution in [-0.2, 0) is 16.1 Å². The van der Waals surface area contributed by atoms with Crippen LogP contribution in [0.2, 0.25) is 0 Å². The minimum absolute atomic E-state index is 0.252. The van der Waals surface area contributed by atoms with E-state index >= 15 is 0 Å². The van der Waals surface area contributed by atoms with Gasteiger partial charge in [-0.05, 0) is 41.5 Å². The minimum Gasteiger partial charge on any atom is -0.462 e. The number of hydrogen-bond acceptors (Lipinski definition) is 3. The lowest BCUT2D eigenvalue weighted by molar-refractivity contribution is -0.138. The number of benzene rings is 2. The van der Waals surface area contributed by atoms with Crippen molar-refractivity contribution in [2.75, 3.05) is 0 Å². The second-order valence-electron chi connectivity index (χ2n) is 5.03. The largest absolute Gasteiger partial charge is 0.462 e. The summed E-state index contributed by atoms with van der Waals surface area (Å²) >= 11 is 0. The Morgan fingerprint density at radius 3 is 2.73 bits per heavy atom. The quantitative estimate of drug-likeness (QED) is 0.525. The molecule has 110 valence electrons. The number of furan rings is 1. The SMILES string of the molecule is Cc1ccc(C=CC(=O)OCc2cccc3ccccc23)o1. The molecule has 0 N–H and O–H groups in total. The number of fused-ring (bicyclic) bond motifs is 1. The van der Waals surface area contributed by atoms with E-state index in [1.165, 1.54) is 6.08 Å². The summed E-state index contributed by atoms with van der Waals surface area (Å²) in [5, 5.41) is 2.24. The Labute approximate surface area is 128 Å². The van der Waals surface area contributed by atoms with E-state index in [9.17, 15) is 4.79 Å². The van der Waals surface area contributed by atoms with Crippen molar-refractivity contribution in [2.45, 2.75) is 13.5 Å². The summed E-state index contributed by atoms with van der Waals surface area (Å²) in [7, 11) is 0. The van der Waals surface area contributed by atoms with Crippen LogP contribution in [0.25, 0.3) is 16.8 Å². The number of carbonyl (C=O) groups is 1. The number of hydrogen-bond donors (Lipinski definition) is 0. The van der Waals surface area contributed by atoms with Crippen molar-refractivity contribution in [3.05, 3.63) is 77.8 Å². The molecule has 3 nitrogen and oxygen atoms in total. The van der Waals surface area contributed by atoms with E-state index < -0.39 is 0 Å². The van der Waals surface area contributed by atoms with Gasteiger partial charge < -0.3 is 9.15 Å². The van der Waals surface area contributed by atoms with Gasteiger partial charge in [-0.3, -0.25) is 0 Å². The number of aryl methyl sites for hydroxylation is 1. The van der Waals surface area contributed by atoms with Gasteiger partial charge >= 0.3 is 5.97 Å². The Morgan fingerprint density at radius 2 is 1.91 bits per heavy atom. The lowest BCUT2D eigenvalue weighted by atomic mass is 10.1. The summed E-state index contributed by atoms with van der Waals surface area (Å²) < 4.78 is 10.7. The van der Waals surface area contributed by atoms with Crippen LogP contribution in [0.3, 0.4) is 0 Å². The molecule has 0 aliphatic carbocycles. The Kier molecular flexibility index (Phi) is 4.05. The van der Waals surface area contributed by atoms with Crippen molar-refractivity contribution in [1.82, 2.24) is 0 Å². The molecule has 0 saturated carbocycles. The van der Waals surface area contributed by atoms with Gasteiger partial charge in [0.15, 0.2) is 0 Å². The molecule has 0 unspecified atom stereocenters. The highest BCUT2D eigenvalue weighted by molar-refractivity contribution is 5.88. The fourth-order valence-electron chi connectivity index (χ4n) is 2.31. The van der Waals surface area contributed by atoms with Gasteiger partial charge in [0.25, 0.3) is 0 Å². The molecule has 0 saturated heterocycles. The first-order valence-corrected chi connectivity index (χ1v) is 7.10. The number of esters is 1. The van der Waals surface area contributed by atoms with Crippen molar-refractivity contribution in [3.8, 4) is 0 Å². The molecule has 0 spiro atoms. The van der Waals surface area contributed by atoms with Crippen molar-refractivity contribution in [1.29, 1.82) is 0 Å². The van der Waals surface area contributed by atoms with Crippen LogP contribution >= 0.6 is 0 Å². The van der Waals surface area contributed by atoms with E-state index in [4.69, 9.17) is 9.15 Å². The van der Waals surface area contributed by atoms with Crippen LogP contribution in [0.15, 0.2) is 65.1 Å². The third-order valence-corrected chi connectivity index (χ3v) is 3.39. The zero-order valence-corrected chi connectivity index (χ0v) is 12.3. The normalized spacial score (nSPS) is 11.1. The topological polar surface area (TPSA) is 39.4 Å². The summed E-state index contributed by atoms with van der Waals surface area (Å²) in [4.78, 5) is 11.8. The van der Waals surface area contributed by atoms with Crippen molar-refractivity contribution < 1.29 is 13.9 Å². The van der Waals surface area contributed by atoms with Crippen molar-refractivity contribution >= 4 is 22.8 Å². The fourth-order valence-corrected chi connectivity index (χ4v) is 2.31. The maximum absolute atomic E-state index is 11.8.